The number of aliphatic hydroxyl groups excluding tert-OH is 2. The lowest BCUT2D eigenvalue weighted by molar-refractivity contribution is -0.140. The third-order valence-electron chi connectivity index (χ3n) is 8.65. The molecule has 0 saturated heterocycles. The molecule has 24 heteroatoms. The summed E-state index contributed by atoms with van der Waals surface area (Å²) in [6.45, 7) is 3.45. The zero-order valence-electron chi connectivity index (χ0n) is 34.0. The maximum Gasteiger partial charge on any atom is 0.322 e. The van der Waals surface area contributed by atoms with Crippen LogP contribution in [0.4, 0.5) is 0 Å². The minimum Gasteiger partial charge on any atom is -0.508 e. The number of rotatable bonds is 27. The molecule has 7 amide bonds. The zero-order chi connectivity index (χ0) is 46.6. The monoisotopic (exact) mass is 868 g/mol. The number of aliphatic carboxylic acids is 3. The van der Waals surface area contributed by atoms with Gasteiger partial charge in [-0.2, -0.15) is 0 Å². The van der Waals surface area contributed by atoms with Gasteiger partial charge in [0.25, 0.3) is 0 Å². The Balaban J connectivity index is 3.33. The van der Waals surface area contributed by atoms with Gasteiger partial charge < -0.3 is 73.6 Å². The fourth-order valence-corrected chi connectivity index (χ4v) is 5.42. The zero-order valence-corrected chi connectivity index (χ0v) is 34.0. The minimum absolute atomic E-state index is 0.0556. The topological polar surface area (TPSA) is 402 Å². The Labute approximate surface area is 349 Å². The van der Waals surface area contributed by atoms with Crippen molar-refractivity contribution in [3.8, 4) is 5.75 Å². The number of aliphatic hydroxyl groups is 2. The summed E-state index contributed by atoms with van der Waals surface area (Å²) in [7, 11) is 0. The summed E-state index contributed by atoms with van der Waals surface area (Å²) < 4.78 is 0. The molecule has 0 aliphatic rings. The lowest BCUT2D eigenvalue weighted by Gasteiger charge is -2.28. The third kappa shape index (κ3) is 19.5. The molecule has 0 unspecified atom stereocenters. The number of hydrogen-bond acceptors (Lipinski definition) is 14. The Morgan fingerprint density at radius 1 is 0.574 bits per heavy atom. The van der Waals surface area contributed by atoms with Gasteiger partial charge in [0, 0.05) is 12.8 Å². The second-order valence-electron chi connectivity index (χ2n) is 14.6. The summed E-state index contributed by atoms with van der Waals surface area (Å²) in [4.78, 5) is 126. The molecule has 0 spiro atoms. The molecule has 1 rings (SSSR count). The number of phenolic OH excluding ortho intramolecular Hbond substituents is 1. The van der Waals surface area contributed by atoms with Crippen LogP contribution >= 0.6 is 0 Å². The number of carbonyl (C=O) groups excluding carboxylic acids is 7. The summed E-state index contributed by atoms with van der Waals surface area (Å²) in [5.41, 5.74) is 5.94. The number of nitrogens with one attached hydrogen (secondary N) is 7. The second kappa shape index (κ2) is 25.9. The SMILES string of the molecule is CC(C)C[C@H](NC(=O)[C@H](Cc1ccc(O)cc1)NC(=O)[C@H](CO)NC(=O)[C@H](CO)NC(=O)[C@@H](NC(=O)[C@@H](N)CC(=O)O)C(C)C)C(=O)N[C@@H](CCC(=O)O)C(=O)NCC(=O)O. The lowest BCUT2D eigenvalue weighted by atomic mass is 10.00. The van der Waals surface area contributed by atoms with Crippen LogP contribution in [0.2, 0.25) is 0 Å². The van der Waals surface area contributed by atoms with Gasteiger partial charge in [0.2, 0.25) is 41.4 Å². The summed E-state index contributed by atoms with van der Waals surface area (Å²) in [5, 5.41) is 72.7. The number of amides is 7. The van der Waals surface area contributed by atoms with Crippen molar-refractivity contribution in [1.82, 2.24) is 37.2 Å². The van der Waals surface area contributed by atoms with Gasteiger partial charge in [-0.05, 0) is 42.4 Å². The molecule has 340 valence electrons. The molecule has 0 saturated carbocycles. The summed E-state index contributed by atoms with van der Waals surface area (Å²) in [6.07, 6.45) is -2.14. The highest BCUT2D eigenvalue weighted by Gasteiger charge is 2.34. The van der Waals surface area contributed by atoms with Crippen molar-refractivity contribution in [2.75, 3.05) is 19.8 Å². The smallest absolute Gasteiger partial charge is 0.322 e. The molecule has 0 aliphatic carbocycles. The predicted octanol–water partition coefficient (Wildman–Crippen LogP) is -4.60. The van der Waals surface area contributed by atoms with E-state index in [-0.39, 0.29) is 24.5 Å². The maximum absolute atomic E-state index is 13.9. The molecule has 0 radical (unpaired) electrons. The van der Waals surface area contributed by atoms with Crippen molar-refractivity contribution in [3.05, 3.63) is 29.8 Å². The van der Waals surface area contributed by atoms with E-state index in [2.05, 4.69) is 37.2 Å². The van der Waals surface area contributed by atoms with Crippen LogP contribution in [0.15, 0.2) is 24.3 Å². The number of aromatic hydroxyl groups is 1. The molecule has 61 heavy (non-hydrogen) atoms. The molecule has 24 nitrogen and oxygen atoms in total. The molecule has 0 heterocycles. The molecule has 0 aliphatic heterocycles. The van der Waals surface area contributed by atoms with E-state index in [1.165, 1.54) is 38.1 Å². The first-order valence-electron chi connectivity index (χ1n) is 19.0. The fraction of sp³-hybridized carbons (Fsp3) is 0.568. The van der Waals surface area contributed by atoms with Crippen molar-refractivity contribution in [1.29, 1.82) is 0 Å². The summed E-state index contributed by atoms with van der Waals surface area (Å²) in [6, 6.07) is -5.58. The van der Waals surface area contributed by atoms with Crippen molar-refractivity contribution < 1.29 is 78.6 Å². The number of carboxylic acid groups (broad SMARTS) is 3. The maximum atomic E-state index is 13.9. The first-order valence-corrected chi connectivity index (χ1v) is 19.0. The molecule has 15 N–H and O–H groups in total. The average Bonchev–Trinajstić information content (AvgIpc) is 3.17. The Morgan fingerprint density at radius 3 is 1.52 bits per heavy atom. The minimum atomic E-state index is -1.82. The number of nitrogens with two attached hydrogens (primary N) is 1. The van der Waals surface area contributed by atoms with E-state index in [0.29, 0.717) is 5.56 Å². The molecule has 7 atom stereocenters. The summed E-state index contributed by atoms with van der Waals surface area (Å²) in [5.74, 6) is -12.5. The Kier molecular flexibility index (Phi) is 22.4. The third-order valence-corrected chi connectivity index (χ3v) is 8.65. The number of benzene rings is 1. The van der Waals surface area contributed by atoms with Gasteiger partial charge in [-0.15, -0.1) is 0 Å². The van der Waals surface area contributed by atoms with Crippen LogP contribution in [-0.2, 0) is 54.4 Å². The summed E-state index contributed by atoms with van der Waals surface area (Å²) >= 11 is 0. The van der Waals surface area contributed by atoms with Crippen LogP contribution in [0.25, 0.3) is 0 Å². The highest BCUT2D eigenvalue weighted by atomic mass is 16.4. The van der Waals surface area contributed by atoms with Gasteiger partial charge in [-0.1, -0.05) is 39.8 Å². The number of hydrogen-bond donors (Lipinski definition) is 14. The van der Waals surface area contributed by atoms with Crippen molar-refractivity contribution in [2.45, 2.75) is 102 Å². The van der Waals surface area contributed by atoms with Gasteiger partial charge in [-0.3, -0.25) is 47.9 Å². The predicted molar refractivity (Wildman–Crippen MR) is 210 cm³/mol. The molecule has 1 aromatic carbocycles. The molecular formula is C37H56N8O16. The molecule has 0 aromatic heterocycles. The highest BCUT2D eigenvalue weighted by molar-refractivity contribution is 5.98. The number of carbonyl (C=O) groups is 10. The van der Waals surface area contributed by atoms with E-state index in [1.54, 1.807) is 13.8 Å². The fourth-order valence-electron chi connectivity index (χ4n) is 5.42. The molecular weight excluding hydrogens is 812 g/mol. The largest absolute Gasteiger partial charge is 0.508 e. The second-order valence-corrected chi connectivity index (χ2v) is 14.6. The van der Waals surface area contributed by atoms with Crippen molar-refractivity contribution >= 4 is 59.3 Å². The van der Waals surface area contributed by atoms with E-state index in [1.807, 2.05) is 0 Å². The standard InChI is InChI=1S/C37H56N8O16/c1-17(2)11-23(33(57)40-22(9-10-27(49)50)32(56)39-14-29(53)54)41-34(58)24(12-19-5-7-20(48)8-6-19)42-35(59)25(15-46)43-36(60)26(16-47)44-37(61)30(18(3)4)45-31(55)21(38)13-28(51)52/h5-8,17-18,21-26,30,46-48H,9-16,38H2,1-4H3,(H,39,56)(H,40,57)(H,41,58)(H,42,59)(H,43,60)(H,44,61)(H,45,55)(H,49,50)(H,51,52)(H,53,54)/t21-,22-,23-,24-,25-,26-,30-/m0/s1. The van der Waals surface area contributed by atoms with Gasteiger partial charge in [0.05, 0.1) is 25.7 Å². The van der Waals surface area contributed by atoms with Crippen LogP contribution < -0.4 is 43.0 Å². The first kappa shape index (κ1) is 52.6. The van der Waals surface area contributed by atoms with E-state index < -0.39 is 146 Å². The van der Waals surface area contributed by atoms with Gasteiger partial charge in [0.15, 0.2) is 0 Å². The van der Waals surface area contributed by atoms with Crippen LogP contribution in [-0.4, -0.2) is 152 Å². The van der Waals surface area contributed by atoms with Crippen LogP contribution in [0, 0.1) is 11.8 Å². The van der Waals surface area contributed by atoms with Gasteiger partial charge >= 0.3 is 17.9 Å². The first-order chi connectivity index (χ1) is 28.5. The number of carboxylic acids is 3. The van der Waals surface area contributed by atoms with Crippen LogP contribution in [0.5, 0.6) is 5.75 Å². The average molecular weight is 869 g/mol. The van der Waals surface area contributed by atoms with E-state index in [9.17, 15) is 63.3 Å². The van der Waals surface area contributed by atoms with Crippen molar-refractivity contribution in [2.24, 2.45) is 17.6 Å². The molecule has 0 bridgehead atoms. The van der Waals surface area contributed by atoms with E-state index in [0.717, 1.165) is 0 Å². The quantitative estimate of drug-likeness (QED) is 0.0396. The van der Waals surface area contributed by atoms with Gasteiger partial charge in [-0.25, -0.2) is 0 Å². The lowest BCUT2D eigenvalue weighted by Crippen LogP contribution is -2.61. The van der Waals surface area contributed by atoms with Gasteiger partial charge in [0.1, 0.15) is 48.5 Å². The van der Waals surface area contributed by atoms with Crippen LogP contribution in [0.3, 0.4) is 0 Å². The Bertz CT molecular complexity index is 1720. The molecule has 1 aromatic rings. The molecule has 0 fully saturated rings. The number of phenols is 1. The van der Waals surface area contributed by atoms with Crippen LogP contribution in [0.1, 0.15) is 58.9 Å². The normalized spacial score (nSPS) is 14.4. The van der Waals surface area contributed by atoms with Crippen molar-refractivity contribution in [3.63, 3.8) is 0 Å². The highest BCUT2D eigenvalue weighted by Crippen LogP contribution is 2.13. The Hall–Kier alpha value is -6.40. The van der Waals surface area contributed by atoms with E-state index >= 15 is 0 Å². The van der Waals surface area contributed by atoms with E-state index in [4.69, 9.17) is 21.1 Å². The Morgan fingerprint density at radius 2 is 1.05 bits per heavy atom.